The van der Waals surface area contributed by atoms with Crippen LogP contribution in [-0.4, -0.2) is 41.3 Å². The Bertz CT molecular complexity index is 941. The van der Waals surface area contributed by atoms with Gasteiger partial charge in [0, 0.05) is 37.0 Å². The second-order valence-electron chi connectivity index (χ2n) is 7.69. The van der Waals surface area contributed by atoms with Crippen molar-refractivity contribution in [1.29, 1.82) is 0 Å². The fourth-order valence-corrected chi connectivity index (χ4v) is 4.12. The highest BCUT2D eigenvalue weighted by Crippen LogP contribution is 2.38. The van der Waals surface area contributed by atoms with Gasteiger partial charge in [0.25, 0.3) is 0 Å². The average Bonchev–Trinajstić information content (AvgIpc) is 3.15. The first-order chi connectivity index (χ1) is 13.9. The number of hydrogen-bond acceptors (Lipinski definition) is 4. The van der Waals surface area contributed by atoms with Gasteiger partial charge in [-0.05, 0) is 37.7 Å². The zero-order valence-electron chi connectivity index (χ0n) is 16.2. The molecule has 1 N–H and O–H groups in total. The fourth-order valence-electron chi connectivity index (χ4n) is 4.12. The summed E-state index contributed by atoms with van der Waals surface area (Å²) in [5, 5.41) is 14.9. The van der Waals surface area contributed by atoms with E-state index in [1.807, 2.05) is 16.9 Å². The van der Waals surface area contributed by atoms with Crippen LogP contribution < -0.4 is 9.64 Å². The summed E-state index contributed by atoms with van der Waals surface area (Å²) in [7, 11) is 1.51. The number of aliphatic hydroxyl groups is 1. The second-order valence-corrected chi connectivity index (χ2v) is 7.69. The van der Waals surface area contributed by atoms with E-state index in [0.29, 0.717) is 23.9 Å². The number of aromatic nitrogens is 2. The Hall–Kier alpha value is -2.48. The number of hydrogen-bond donors (Lipinski definition) is 1. The predicted octanol–water partition coefficient (Wildman–Crippen LogP) is 4.59. The number of anilines is 1. The van der Waals surface area contributed by atoms with Crippen molar-refractivity contribution in [1.82, 2.24) is 9.78 Å². The average molecular weight is 407 g/mol. The van der Waals surface area contributed by atoms with Crippen LogP contribution in [0, 0.1) is 5.92 Å². The van der Waals surface area contributed by atoms with Gasteiger partial charge in [-0.3, -0.25) is 4.68 Å². The van der Waals surface area contributed by atoms with E-state index >= 15 is 0 Å². The Balaban J connectivity index is 1.66. The van der Waals surface area contributed by atoms with Gasteiger partial charge in [-0.15, -0.1) is 0 Å². The summed E-state index contributed by atoms with van der Waals surface area (Å²) in [6.07, 6.45) is 5.12. The Morgan fingerprint density at radius 3 is 2.62 bits per heavy atom. The number of aliphatic hydroxyl groups excluding tert-OH is 1. The number of methoxy groups -OCH3 is 1. The molecule has 1 aliphatic carbocycles. The molecule has 29 heavy (non-hydrogen) atoms. The molecular weight excluding hydrogens is 383 g/mol. The van der Waals surface area contributed by atoms with Crippen LogP contribution in [0.3, 0.4) is 0 Å². The maximum Gasteiger partial charge on any atom is 0.417 e. The van der Waals surface area contributed by atoms with Gasteiger partial charge in [-0.1, -0.05) is 12.2 Å². The van der Waals surface area contributed by atoms with E-state index in [1.165, 1.54) is 13.2 Å². The van der Waals surface area contributed by atoms with Crippen molar-refractivity contribution >= 4 is 16.6 Å². The molecule has 1 aromatic carbocycles. The number of fused-ring (bicyclic) bond motifs is 1. The molecular formula is C21H24F3N3O2. The van der Waals surface area contributed by atoms with Gasteiger partial charge in [-0.2, -0.15) is 18.3 Å². The molecule has 2 heterocycles. The molecule has 156 valence electrons. The van der Waals surface area contributed by atoms with Crippen LogP contribution in [0.1, 0.15) is 31.7 Å². The normalized spacial score (nSPS) is 22.8. The van der Waals surface area contributed by atoms with Gasteiger partial charge in [0.1, 0.15) is 5.75 Å². The minimum Gasteiger partial charge on any atom is -0.494 e. The van der Waals surface area contributed by atoms with Crippen molar-refractivity contribution in [2.45, 2.75) is 37.9 Å². The second kappa shape index (κ2) is 7.74. The van der Waals surface area contributed by atoms with E-state index in [-0.39, 0.29) is 12.6 Å². The Morgan fingerprint density at radius 1 is 1.21 bits per heavy atom. The molecule has 4 rings (SSSR count). The lowest BCUT2D eigenvalue weighted by atomic mass is 9.87. The topological polar surface area (TPSA) is 50.5 Å². The molecule has 1 aromatic heterocycles. The van der Waals surface area contributed by atoms with E-state index in [1.54, 1.807) is 11.0 Å². The third-order valence-corrected chi connectivity index (χ3v) is 5.80. The third kappa shape index (κ3) is 3.99. The summed E-state index contributed by atoms with van der Waals surface area (Å²) in [5.41, 5.74) is 0.638. The molecule has 1 saturated carbocycles. The molecule has 1 aliphatic heterocycles. The maximum atomic E-state index is 13.1. The lowest BCUT2D eigenvalue weighted by Crippen LogP contribution is -2.24. The minimum atomic E-state index is -4.40. The number of alkyl halides is 3. The van der Waals surface area contributed by atoms with Crippen LogP contribution in [0.25, 0.3) is 10.9 Å². The number of allylic oxidation sites excluding steroid dienone is 2. The standard InChI is InChI=1S/C21H24F3N3O2/c1-29-20-10-18-15(11-27(25-18)17-6-4-14(13-28)5-7-17)9-19(20)26-8-2-3-16(12-26)21(22,23)24/h2-3,9-12,14,17,28H,4-8,13H2,1H3. The Morgan fingerprint density at radius 2 is 1.97 bits per heavy atom. The van der Waals surface area contributed by atoms with E-state index in [9.17, 15) is 18.3 Å². The molecule has 0 spiro atoms. The van der Waals surface area contributed by atoms with Crippen molar-refractivity contribution in [3.63, 3.8) is 0 Å². The zero-order chi connectivity index (χ0) is 20.6. The molecule has 0 radical (unpaired) electrons. The highest BCUT2D eigenvalue weighted by atomic mass is 19.4. The summed E-state index contributed by atoms with van der Waals surface area (Å²) in [5.74, 6) is 0.851. The summed E-state index contributed by atoms with van der Waals surface area (Å²) in [6, 6.07) is 3.88. The molecule has 0 atom stereocenters. The molecule has 0 bridgehead atoms. The Kier molecular flexibility index (Phi) is 5.29. The summed E-state index contributed by atoms with van der Waals surface area (Å²) >= 11 is 0. The van der Waals surface area contributed by atoms with E-state index < -0.39 is 11.7 Å². The monoisotopic (exact) mass is 407 g/mol. The summed E-state index contributed by atoms with van der Waals surface area (Å²) in [6.45, 7) is 0.562. The first-order valence-electron chi connectivity index (χ1n) is 9.79. The van der Waals surface area contributed by atoms with Gasteiger partial charge < -0.3 is 14.7 Å². The van der Waals surface area contributed by atoms with Gasteiger partial charge in [0.15, 0.2) is 0 Å². The SMILES string of the molecule is COc1cc2nn(C3CCC(CO)CC3)cc2cc1N1C=C(C(F)(F)F)C=CC1. The largest absolute Gasteiger partial charge is 0.494 e. The van der Waals surface area contributed by atoms with E-state index in [4.69, 9.17) is 4.74 Å². The molecule has 8 heteroatoms. The van der Waals surface area contributed by atoms with Gasteiger partial charge in [0.05, 0.1) is 29.9 Å². The fraction of sp³-hybridized carbons (Fsp3) is 0.476. The summed E-state index contributed by atoms with van der Waals surface area (Å²) in [4.78, 5) is 1.55. The molecule has 0 unspecified atom stereocenters. The first kappa shape index (κ1) is 19.8. The van der Waals surface area contributed by atoms with Gasteiger partial charge in [0.2, 0.25) is 0 Å². The van der Waals surface area contributed by atoms with Crippen LogP contribution in [0.4, 0.5) is 18.9 Å². The molecule has 2 aromatic rings. The predicted molar refractivity (Wildman–Crippen MR) is 105 cm³/mol. The number of rotatable bonds is 4. The molecule has 2 aliphatic rings. The highest BCUT2D eigenvalue weighted by Gasteiger charge is 2.34. The molecule has 1 fully saturated rings. The zero-order valence-corrected chi connectivity index (χ0v) is 16.2. The highest BCUT2D eigenvalue weighted by molar-refractivity contribution is 5.86. The van der Waals surface area contributed by atoms with Crippen LogP contribution in [0.2, 0.25) is 0 Å². The van der Waals surface area contributed by atoms with Crippen molar-refractivity contribution in [2.24, 2.45) is 5.92 Å². The lowest BCUT2D eigenvalue weighted by molar-refractivity contribution is -0.0885. The third-order valence-electron chi connectivity index (χ3n) is 5.80. The van der Waals surface area contributed by atoms with Crippen LogP contribution in [0.15, 0.2) is 42.3 Å². The van der Waals surface area contributed by atoms with Crippen molar-refractivity contribution in [3.8, 4) is 5.75 Å². The number of nitrogens with zero attached hydrogens (tertiary/aromatic N) is 3. The Labute approximate surface area is 167 Å². The van der Waals surface area contributed by atoms with E-state index in [0.717, 1.165) is 48.9 Å². The molecule has 5 nitrogen and oxygen atoms in total. The van der Waals surface area contributed by atoms with Crippen molar-refractivity contribution < 1.29 is 23.0 Å². The molecule has 0 amide bonds. The maximum absolute atomic E-state index is 13.1. The van der Waals surface area contributed by atoms with Crippen molar-refractivity contribution in [2.75, 3.05) is 25.2 Å². The van der Waals surface area contributed by atoms with Gasteiger partial charge >= 0.3 is 6.18 Å². The van der Waals surface area contributed by atoms with Crippen LogP contribution in [-0.2, 0) is 0 Å². The number of benzene rings is 1. The minimum absolute atomic E-state index is 0.228. The first-order valence-corrected chi connectivity index (χ1v) is 9.79. The smallest absolute Gasteiger partial charge is 0.417 e. The van der Waals surface area contributed by atoms with Crippen LogP contribution >= 0.6 is 0 Å². The van der Waals surface area contributed by atoms with Crippen LogP contribution in [0.5, 0.6) is 5.75 Å². The van der Waals surface area contributed by atoms with Gasteiger partial charge in [-0.25, -0.2) is 0 Å². The van der Waals surface area contributed by atoms with Crippen molar-refractivity contribution in [3.05, 3.63) is 42.3 Å². The number of ether oxygens (including phenoxy) is 1. The quantitative estimate of drug-likeness (QED) is 0.805. The van der Waals surface area contributed by atoms with E-state index in [2.05, 4.69) is 5.10 Å². The molecule has 0 saturated heterocycles. The lowest BCUT2D eigenvalue weighted by Gasteiger charge is -2.27. The number of halogens is 3. The summed E-state index contributed by atoms with van der Waals surface area (Å²) < 4.78 is 46.8.